The van der Waals surface area contributed by atoms with E-state index in [1.165, 1.54) is 4.90 Å². The van der Waals surface area contributed by atoms with Crippen molar-refractivity contribution in [3.8, 4) is 11.5 Å². The molecular formula is C26H25N3O4. The molecule has 1 aliphatic heterocycles. The molecule has 0 saturated heterocycles. The molecule has 1 aromatic heterocycles. The Morgan fingerprint density at radius 1 is 0.909 bits per heavy atom. The van der Waals surface area contributed by atoms with Gasteiger partial charge in [0.1, 0.15) is 17.2 Å². The average molecular weight is 444 g/mol. The molecule has 2 amide bonds. The third-order valence-corrected chi connectivity index (χ3v) is 5.19. The summed E-state index contributed by atoms with van der Waals surface area (Å²) >= 11 is 0. The number of benzene rings is 2. The molecule has 0 saturated carbocycles. The van der Waals surface area contributed by atoms with E-state index in [0.29, 0.717) is 40.6 Å². The normalized spacial score (nSPS) is 13.5. The zero-order valence-corrected chi connectivity index (χ0v) is 18.6. The van der Waals surface area contributed by atoms with Gasteiger partial charge in [-0.05, 0) is 60.5 Å². The standard InChI is InChI=1S/C26H25N3O4/c1-3-16-33-22-11-7-18(8-12-22)23-24(28-19-9-13-21(32-2)14-10-19)26(31)29(25(23)30)17-20-6-4-5-15-27-20/h4-15,28H,3,16-17H2,1-2H3. The Hall–Kier alpha value is -4.13. The summed E-state index contributed by atoms with van der Waals surface area (Å²) in [6.07, 6.45) is 2.54. The Morgan fingerprint density at radius 3 is 2.27 bits per heavy atom. The van der Waals surface area contributed by atoms with Gasteiger partial charge in [0.2, 0.25) is 0 Å². The number of carbonyl (C=O) groups excluding carboxylic acids is 2. The largest absolute Gasteiger partial charge is 0.497 e. The van der Waals surface area contributed by atoms with Gasteiger partial charge in [-0.3, -0.25) is 19.5 Å². The highest BCUT2D eigenvalue weighted by atomic mass is 16.5. The number of aromatic nitrogens is 1. The molecule has 0 bridgehead atoms. The van der Waals surface area contributed by atoms with Gasteiger partial charge < -0.3 is 14.8 Å². The molecule has 1 N–H and O–H groups in total. The molecule has 7 heteroatoms. The van der Waals surface area contributed by atoms with Crippen molar-refractivity contribution in [1.29, 1.82) is 0 Å². The maximum Gasteiger partial charge on any atom is 0.278 e. The van der Waals surface area contributed by atoms with Gasteiger partial charge in [0, 0.05) is 11.9 Å². The zero-order valence-electron chi connectivity index (χ0n) is 18.6. The maximum atomic E-state index is 13.4. The van der Waals surface area contributed by atoms with Crippen LogP contribution in [0.15, 0.2) is 78.6 Å². The minimum absolute atomic E-state index is 0.0908. The van der Waals surface area contributed by atoms with Crippen molar-refractivity contribution in [2.45, 2.75) is 19.9 Å². The van der Waals surface area contributed by atoms with Crippen molar-refractivity contribution < 1.29 is 19.1 Å². The number of ether oxygens (including phenoxy) is 2. The van der Waals surface area contributed by atoms with Gasteiger partial charge in [-0.15, -0.1) is 0 Å². The summed E-state index contributed by atoms with van der Waals surface area (Å²) in [6, 6.07) is 19.8. The fourth-order valence-corrected chi connectivity index (χ4v) is 3.51. The number of anilines is 1. The van der Waals surface area contributed by atoms with E-state index in [0.717, 1.165) is 6.42 Å². The highest BCUT2D eigenvalue weighted by molar-refractivity contribution is 6.36. The topological polar surface area (TPSA) is 80.8 Å². The van der Waals surface area contributed by atoms with Crippen LogP contribution >= 0.6 is 0 Å². The average Bonchev–Trinajstić information content (AvgIpc) is 3.08. The van der Waals surface area contributed by atoms with Gasteiger partial charge in [0.25, 0.3) is 11.8 Å². The Balaban J connectivity index is 1.68. The van der Waals surface area contributed by atoms with E-state index in [2.05, 4.69) is 10.3 Å². The first-order valence-electron chi connectivity index (χ1n) is 10.8. The molecule has 0 radical (unpaired) electrons. The summed E-state index contributed by atoms with van der Waals surface area (Å²) in [4.78, 5) is 32.2. The Bertz CT molecular complexity index is 1160. The SMILES string of the molecule is CCCOc1ccc(C2=C(Nc3ccc(OC)cc3)C(=O)N(Cc3ccccn3)C2=O)cc1. The molecule has 33 heavy (non-hydrogen) atoms. The van der Waals surface area contributed by atoms with Crippen LogP contribution in [0.4, 0.5) is 5.69 Å². The van der Waals surface area contributed by atoms with Crippen LogP contribution in [0, 0.1) is 0 Å². The lowest BCUT2D eigenvalue weighted by molar-refractivity contribution is -0.137. The summed E-state index contributed by atoms with van der Waals surface area (Å²) < 4.78 is 10.9. The highest BCUT2D eigenvalue weighted by Gasteiger charge is 2.39. The Morgan fingerprint density at radius 2 is 1.64 bits per heavy atom. The summed E-state index contributed by atoms with van der Waals surface area (Å²) in [7, 11) is 1.59. The number of hydrogen-bond donors (Lipinski definition) is 1. The van der Waals surface area contributed by atoms with Crippen LogP contribution < -0.4 is 14.8 Å². The van der Waals surface area contributed by atoms with Gasteiger partial charge in [0.05, 0.1) is 31.5 Å². The van der Waals surface area contributed by atoms with Crippen LogP contribution in [-0.2, 0) is 16.1 Å². The second-order valence-electron chi connectivity index (χ2n) is 7.49. The number of nitrogens with zero attached hydrogens (tertiary/aromatic N) is 2. The predicted molar refractivity (Wildman–Crippen MR) is 126 cm³/mol. The Kier molecular flexibility index (Phi) is 6.69. The molecule has 0 unspecified atom stereocenters. The van der Waals surface area contributed by atoms with Crippen molar-refractivity contribution in [2.24, 2.45) is 0 Å². The minimum Gasteiger partial charge on any atom is -0.497 e. The van der Waals surface area contributed by atoms with E-state index in [1.54, 1.807) is 61.8 Å². The van der Waals surface area contributed by atoms with Crippen LogP contribution in [-0.4, -0.2) is 35.4 Å². The monoisotopic (exact) mass is 443 g/mol. The number of nitrogens with one attached hydrogen (secondary N) is 1. The van der Waals surface area contributed by atoms with Crippen LogP contribution in [0.5, 0.6) is 11.5 Å². The second-order valence-corrected chi connectivity index (χ2v) is 7.49. The molecule has 4 rings (SSSR count). The fourth-order valence-electron chi connectivity index (χ4n) is 3.51. The van der Waals surface area contributed by atoms with Crippen LogP contribution in [0.1, 0.15) is 24.6 Å². The summed E-state index contributed by atoms with van der Waals surface area (Å²) in [5, 5.41) is 3.15. The van der Waals surface area contributed by atoms with Gasteiger partial charge in [-0.2, -0.15) is 0 Å². The molecule has 1 aliphatic rings. The molecule has 0 spiro atoms. The van der Waals surface area contributed by atoms with Crippen LogP contribution in [0.25, 0.3) is 5.57 Å². The number of methoxy groups -OCH3 is 1. The molecule has 2 heterocycles. The van der Waals surface area contributed by atoms with Crippen LogP contribution in [0.3, 0.4) is 0 Å². The smallest absolute Gasteiger partial charge is 0.278 e. The lowest BCUT2D eigenvalue weighted by Gasteiger charge is -2.15. The number of pyridine rings is 1. The summed E-state index contributed by atoms with van der Waals surface area (Å²) in [5.74, 6) is 0.641. The van der Waals surface area contributed by atoms with E-state index in [9.17, 15) is 9.59 Å². The first-order chi connectivity index (χ1) is 16.1. The fraction of sp³-hybridized carbons (Fsp3) is 0.192. The highest BCUT2D eigenvalue weighted by Crippen LogP contribution is 2.32. The minimum atomic E-state index is -0.400. The zero-order chi connectivity index (χ0) is 23.2. The molecule has 0 fully saturated rings. The van der Waals surface area contributed by atoms with E-state index in [-0.39, 0.29) is 18.1 Å². The number of hydrogen-bond acceptors (Lipinski definition) is 6. The first kappa shape index (κ1) is 22.1. The van der Waals surface area contributed by atoms with Gasteiger partial charge in [-0.25, -0.2) is 0 Å². The van der Waals surface area contributed by atoms with Crippen LogP contribution in [0.2, 0.25) is 0 Å². The van der Waals surface area contributed by atoms with E-state index in [1.807, 2.05) is 25.1 Å². The molecule has 7 nitrogen and oxygen atoms in total. The quantitative estimate of drug-likeness (QED) is 0.498. The lowest BCUT2D eigenvalue weighted by atomic mass is 10.0. The number of rotatable bonds is 9. The van der Waals surface area contributed by atoms with Crippen molar-refractivity contribution in [2.75, 3.05) is 19.0 Å². The predicted octanol–water partition coefficient (Wildman–Crippen LogP) is 4.27. The second kappa shape index (κ2) is 9.99. The third-order valence-electron chi connectivity index (χ3n) is 5.19. The lowest BCUT2D eigenvalue weighted by Crippen LogP contribution is -2.32. The number of imide groups is 1. The van der Waals surface area contributed by atoms with E-state index >= 15 is 0 Å². The van der Waals surface area contributed by atoms with Crippen molar-refractivity contribution in [3.05, 3.63) is 89.9 Å². The molecule has 2 aromatic carbocycles. The first-order valence-corrected chi connectivity index (χ1v) is 10.8. The van der Waals surface area contributed by atoms with Crippen molar-refractivity contribution >= 4 is 23.1 Å². The van der Waals surface area contributed by atoms with Gasteiger partial charge in [-0.1, -0.05) is 25.1 Å². The van der Waals surface area contributed by atoms with Crippen molar-refractivity contribution in [3.63, 3.8) is 0 Å². The molecule has 168 valence electrons. The van der Waals surface area contributed by atoms with Crippen molar-refractivity contribution in [1.82, 2.24) is 9.88 Å². The Labute approximate surface area is 192 Å². The summed E-state index contributed by atoms with van der Waals surface area (Å²) in [6.45, 7) is 2.74. The number of amides is 2. The van der Waals surface area contributed by atoms with E-state index in [4.69, 9.17) is 9.47 Å². The molecule has 0 aliphatic carbocycles. The molecule has 0 atom stereocenters. The van der Waals surface area contributed by atoms with E-state index < -0.39 is 5.91 Å². The molecule has 3 aromatic rings. The third kappa shape index (κ3) is 4.87. The van der Waals surface area contributed by atoms with Gasteiger partial charge >= 0.3 is 0 Å². The summed E-state index contributed by atoms with van der Waals surface area (Å²) in [5.41, 5.74) is 2.48. The number of carbonyl (C=O) groups is 2. The maximum absolute atomic E-state index is 13.4. The van der Waals surface area contributed by atoms with Gasteiger partial charge in [0.15, 0.2) is 0 Å². The molecular weight excluding hydrogens is 418 g/mol.